The Morgan fingerprint density at radius 2 is 2.18 bits per heavy atom. The third-order valence-corrected chi connectivity index (χ3v) is 3.99. The summed E-state index contributed by atoms with van der Waals surface area (Å²) in [6, 6.07) is 5.40. The summed E-state index contributed by atoms with van der Waals surface area (Å²) >= 11 is 5.92. The fourth-order valence-electron chi connectivity index (χ4n) is 2.80. The molecule has 1 spiro atoms. The van der Waals surface area contributed by atoms with Gasteiger partial charge in [0.1, 0.15) is 11.4 Å². The number of aliphatic hydroxyl groups excluding tert-OH is 1. The van der Waals surface area contributed by atoms with Gasteiger partial charge in [-0.1, -0.05) is 11.6 Å². The van der Waals surface area contributed by atoms with E-state index in [1.54, 1.807) is 19.2 Å². The summed E-state index contributed by atoms with van der Waals surface area (Å²) < 4.78 is 11.3. The van der Waals surface area contributed by atoms with Gasteiger partial charge in [0.25, 0.3) is 0 Å². The van der Waals surface area contributed by atoms with Gasteiger partial charge in [-0.15, -0.1) is 0 Å². The molecule has 3 rings (SSSR count). The van der Waals surface area contributed by atoms with Crippen molar-refractivity contribution in [3.05, 3.63) is 28.8 Å². The average Bonchev–Trinajstić information content (AvgIpc) is 2.26. The molecule has 1 atom stereocenters. The largest absolute Gasteiger partial charge is 0.487 e. The van der Waals surface area contributed by atoms with Crippen molar-refractivity contribution in [1.82, 2.24) is 0 Å². The van der Waals surface area contributed by atoms with E-state index in [-0.39, 0.29) is 11.7 Å². The van der Waals surface area contributed by atoms with Gasteiger partial charge in [0, 0.05) is 37.0 Å². The number of methoxy groups -OCH3 is 1. The van der Waals surface area contributed by atoms with Crippen LogP contribution < -0.4 is 4.74 Å². The zero-order chi connectivity index (χ0) is 12.0. The fraction of sp³-hybridized carbons (Fsp3) is 0.538. The van der Waals surface area contributed by atoms with Crippen LogP contribution in [-0.2, 0) is 4.74 Å². The third-order valence-electron chi connectivity index (χ3n) is 3.76. The molecule has 0 bridgehead atoms. The van der Waals surface area contributed by atoms with E-state index >= 15 is 0 Å². The van der Waals surface area contributed by atoms with Gasteiger partial charge < -0.3 is 14.6 Å². The molecule has 0 amide bonds. The van der Waals surface area contributed by atoms with E-state index in [4.69, 9.17) is 21.1 Å². The number of benzene rings is 1. The van der Waals surface area contributed by atoms with Gasteiger partial charge in [-0.3, -0.25) is 0 Å². The Hall–Kier alpha value is -0.770. The number of ether oxygens (including phenoxy) is 2. The molecule has 1 aliphatic heterocycles. The topological polar surface area (TPSA) is 38.7 Å². The summed E-state index contributed by atoms with van der Waals surface area (Å²) in [6.45, 7) is 0. The Bertz CT molecular complexity index is 440. The molecule has 1 heterocycles. The minimum Gasteiger partial charge on any atom is -0.487 e. The zero-order valence-electron chi connectivity index (χ0n) is 9.65. The van der Waals surface area contributed by atoms with Crippen molar-refractivity contribution in [2.45, 2.75) is 37.1 Å². The van der Waals surface area contributed by atoms with Gasteiger partial charge in [0.2, 0.25) is 0 Å². The van der Waals surface area contributed by atoms with Gasteiger partial charge in [-0.25, -0.2) is 0 Å². The molecule has 1 aromatic carbocycles. The minimum atomic E-state index is -0.491. The number of hydrogen-bond acceptors (Lipinski definition) is 3. The predicted molar refractivity (Wildman–Crippen MR) is 64.4 cm³/mol. The van der Waals surface area contributed by atoms with E-state index in [1.165, 1.54) is 0 Å². The van der Waals surface area contributed by atoms with Crippen LogP contribution in [0.1, 0.15) is 30.9 Å². The molecule has 92 valence electrons. The summed E-state index contributed by atoms with van der Waals surface area (Å²) in [4.78, 5) is 0. The quantitative estimate of drug-likeness (QED) is 0.838. The number of fused-ring (bicyclic) bond motifs is 1. The lowest BCUT2D eigenvalue weighted by Crippen LogP contribution is -2.54. The first kappa shape index (κ1) is 11.3. The molecule has 1 N–H and O–H groups in total. The first-order valence-corrected chi connectivity index (χ1v) is 6.19. The molecule has 0 unspecified atom stereocenters. The van der Waals surface area contributed by atoms with Crippen molar-refractivity contribution in [1.29, 1.82) is 0 Å². The molecule has 1 fully saturated rings. The van der Waals surface area contributed by atoms with Gasteiger partial charge in [0.15, 0.2) is 0 Å². The SMILES string of the molecule is COC1CC2(C1)C[C@@H](O)c1cc(Cl)ccc1O2. The fourth-order valence-corrected chi connectivity index (χ4v) is 2.98. The van der Waals surface area contributed by atoms with Crippen LogP contribution >= 0.6 is 11.6 Å². The molecule has 1 aromatic rings. The smallest absolute Gasteiger partial charge is 0.126 e. The highest BCUT2D eigenvalue weighted by Crippen LogP contribution is 2.49. The number of rotatable bonds is 1. The first-order chi connectivity index (χ1) is 8.12. The van der Waals surface area contributed by atoms with Crippen LogP contribution in [0, 0.1) is 0 Å². The second-order valence-corrected chi connectivity index (χ2v) is 5.39. The maximum Gasteiger partial charge on any atom is 0.126 e. The highest BCUT2D eigenvalue weighted by molar-refractivity contribution is 6.30. The van der Waals surface area contributed by atoms with Crippen molar-refractivity contribution >= 4 is 11.6 Å². The Balaban J connectivity index is 1.87. The van der Waals surface area contributed by atoms with E-state index in [0.717, 1.165) is 24.2 Å². The Kier molecular flexibility index (Phi) is 2.58. The summed E-state index contributed by atoms with van der Waals surface area (Å²) in [5, 5.41) is 10.8. The Morgan fingerprint density at radius 3 is 2.88 bits per heavy atom. The summed E-state index contributed by atoms with van der Waals surface area (Å²) in [7, 11) is 1.71. The van der Waals surface area contributed by atoms with E-state index in [1.807, 2.05) is 6.07 Å². The third kappa shape index (κ3) is 1.82. The molecular formula is C13H15ClO3. The van der Waals surface area contributed by atoms with Crippen molar-refractivity contribution in [2.75, 3.05) is 7.11 Å². The lowest BCUT2D eigenvalue weighted by molar-refractivity contribution is -0.139. The van der Waals surface area contributed by atoms with Crippen LogP contribution in [0.4, 0.5) is 0 Å². The van der Waals surface area contributed by atoms with Crippen LogP contribution in [0.2, 0.25) is 5.02 Å². The molecule has 2 aliphatic rings. The average molecular weight is 255 g/mol. The highest BCUT2D eigenvalue weighted by Gasteiger charge is 2.50. The van der Waals surface area contributed by atoms with Crippen molar-refractivity contribution in [3.63, 3.8) is 0 Å². The van der Waals surface area contributed by atoms with Gasteiger partial charge >= 0.3 is 0 Å². The molecule has 3 nitrogen and oxygen atoms in total. The van der Waals surface area contributed by atoms with Gasteiger partial charge in [-0.05, 0) is 18.2 Å². The predicted octanol–water partition coefficient (Wildman–Crippen LogP) is 2.70. The van der Waals surface area contributed by atoms with Crippen LogP contribution in [-0.4, -0.2) is 23.9 Å². The van der Waals surface area contributed by atoms with Gasteiger partial charge in [-0.2, -0.15) is 0 Å². The molecule has 17 heavy (non-hydrogen) atoms. The second kappa shape index (κ2) is 3.87. The van der Waals surface area contributed by atoms with Crippen molar-refractivity contribution in [2.24, 2.45) is 0 Å². The van der Waals surface area contributed by atoms with Crippen LogP contribution in [0.5, 0.6) is 5.75 Å². The molecule has 1 saturated carbocycles. The summed E-state index contributed by atoms with van der Waals surface area (Å²) in [6.07, 6.45) is 2.09. The molecule has 4 heteroatoms. The van der Waals surface area contributed by atoms with Crippen LogP contribution in [0.3, 0.4) is 0 Å². The Morgan fingerprint density at radius 1 is 1.41 bits per heavy atom. The first-order valence-electron chi connectivity index (χ1n) is 5.81. The summed E-state index contributed by atoms with van der Waals surface area (Å²) in [5.41, 5.74) is 0.560. The monoisotopic (exact) mass is 254 g/mol. The number of hydrogen-bond donors (Lipinski definition) is 1. The number of aliphatic hydroxyl groups is 1. The summed E-state index contributed by atoms with van der Waals surface area (Å²) in [5.74, 6) is 0.753. The zero-order valence-corrected chi connectivity index (χ0v) is 10.4. The molecule has 0 saturated heterocycles. The van der Waals surface area contributed by atoms with Crippen molar-refractivity contribution < 1.29 is 14.6 Å². The second-order valence-electron chi connectivity index (χ2n) is 4.95. The highest BCUT2D eigenvalue weighted by atomic mass is 35.5. The van der Waals surface area contributed by atoms with Crippen LogP contribution in [0.15, 0.2) is 18.2 Å². The van der Waals surface area contributed by atoms with E-state index in [0.29, 0.717) is 11.4 Å². The maximum atomic E-state index is 10.2. The van der Waals surface area contributed by atoms with Gasteiger partial charge in [0.05, 0.1) is 12.2 Å². The van der Waals surface area contributed by atoms with E-state index in [9.17, 15) is 5.11 Å². The van der Waals surface area contributed by atoms with E-state index < -0.39 is 6.10 Å². The van der Waals surface area contributed by atoms with Crippen LogP contribution in [0.25, 0.3) is 0 Å². The lowest BCUT2D eigenvalue weighted by atomic mass is 9.71. The van der Waals surface area contributed by atoms with Crippen molar-refractivity contribution in [3.8, 4) is 5.75 Å². The maximum absolute atomic E-state index is 10.2. The minimum absolute atomic E-state index is 0.235. The molecule has 0 radical (unpaired) electrons. The lowest BCUT2D eigenvalue weighted by Gasteiger charge is -2.50. The Labute approximate surface area is 105 Å². The molecule has 1 aliphatic carbocycles. The normalized spacial score (nSPS) is 35.0. The standard InChI is InChI=1S/C13H15ClO3/c1-16-9-5-13(6-9)7-11(15)10-4-8(14)2-3-12(10)17-13/h2-4,9,11,15H,5-7H2,1H3/t9?,11-,13?/m1/s1. The van der Waals surface area contributed by atoms with E-state index in [2.05, 4.69) is 0 Å². The molecular weight excluding hydrogens is 240 g/mol. The number of halogens is 1. The molecule has 0 aromatic heterocycles.